The highest BCUT2D eigenvalue weighted by Crippen LogP contribution is 2.32. The molecule has 0 N–H and O–H groups in total. The molecule has 1 saturated carbocycles. The van der Waals surface area contributed by atoms with E-state index < -0.39 is 0 Å². The van der Waals surface area contributed by atoms with Crippen molar-refractivity contribution in [3.63, 3.8) is 0 Å². The van der Waals surface area contributed by atoms with Crippen LogP contribution >= 0.6 is 11.3 Å². The molecule has 0 radical (unpaired) electrons. The fourth-order valence-corrected chi connectivity index (χ4v) is 6.22. The van der Waals surface area contributed by atoms with Crippen molar-refractivity contribution in [3.05, 3.63) is 72.3 Å². The van der Waals surface area contributed by atoms with E-state index in [2.05, 4.69) is 13.0 Å². The van der Waals surface area contributed by atoms with Gasteiger partial charge in [-0.1, -0.05) is 30.4 Å². The minimum atomic E-state index is -0.160. The van der Waals surface area contributed by atoms with Crippen molar-refractivity contribution < 1.29 is 23.7 Å². The van der Waals surface area contributed by atoms with E-state index in [1.54, 1.807) is 23.5 Å². The van der Waals surface area contributed by atoms with Crippen LogP contribution < -0.4 is 24.0 Å². The van der Waals surface area contributed by atoms with E-state index in [-0.39, 0.29) is 11.9 Å². The first kappa shape index (κ1) is 31.3. The quantitative estimate of drug-likeness (QED) is 0.0613. The van der Waals surface area contributed by atoms with Gasteiger partial charge in [0.2, 0.25) is 5.13 Å². The highest BCUT2D eigenvalue weighted by atomic mass is 32.1. The number of anilines is 1. The van der Waals surface area contributed by atoms with Gasteiger partial charge < -0.3 is 18.9 Å². The van der Waals surface area contributed by atoms with Crippen molar-refractivity contribution in [2.45, 2.75) is 52.9 Å². The van der Waals surface area contributed by atoms with E-state index in [4.69, 9.17) is 29.0 Å². The van der Waals surface area contributed by atoms with Crippen LogP contribution in [0.25, 0.3) is 10.2 Å². The number of fused-ring (bicyclic) bond motifs is 1. The SMILES string of the molecule is CCCN(/N=C/c1cc(OCC2CCC(C(=O)Oc3ccc(OCC)cc3)CC2)ccc1OCC)c1nc2ccccc2s1. The minimum absolute atomic E-state index is 0.0902. The second-order valence-corrected chi connectivity index (χ2v) is 11.8. The molecule has 0 unspecified atom stereocenters. The Morgan fingerprint density at radius 3 is 2.36 bits per heavy atom. The third-order valence-electron chi connectivity index (χ3n) is 7.58. The highest BCUT2D eigenvalue weighted by Gasteiger charge is 2.28. The largest absolute Gasteiger partial charge is 0.494 e. The standard InChI is InChI=1S/C35H41N3O5S/c1-4-21-38(35-37-31-9-7-8-10-33(31)44-35)36-23-27-22-30(19-20-32(27)41-6-3)42-24-25-11-13-26(14-12-25)34(39)43-29-17-15-28(16-18-29)40-5-2/h7-10,15-20,22-23,25-26H,4-6,11-14,21,24H2,1-3H3/b36-23+. The number of aromatic nitrogens is 1. The number of para-hydroxylation sites is 1. The van der Waals surface area contributed by atoms with E-state index in [0.717, 1.165) is 76.8 Å². The minimum Gasteiger partial charge on any atom is -0.494 e. The summed E-state index contributed by atoms with van der Waals surface area (Å²) in [6.07, 6.45) is 6.20. The molecule has 3 aromatic carbocycles. The van der Waals surface area contributed by atoms with Crippen LogP contribution in [0.15, 0.2) is 71.8 Å². The summed E-state index contributed by atoms with van der Waals surface area (Å²) in [6, 6.07) is 21.2. The molecule has 1 aromatic heterocycles. The summed E-state index contributed by atoms with van der Waals surface area (Å²) in [6.45, 7) is 8.56. The van der Waals surface area contributed by atoms with E-state index in [1.807, 2.05) is 73.6 Å². The topological polar surface area (TPSA) is 82.5 Å². The number of thiazole rings is 1. The molecule has 9 heteroatoms. The lowest BCUT2D eigenvalue weighted by Gasteiger charge is -2.27. The van der Waals surface area contributed by atoms with Gasteiger partial charge in [-0.05, 0) is 106 Å². The van der Waals surface area contributed by atoms with Crippen LogP contribution in [-0.2, 0) is 4.79 Å². The summed E-state index contributed by atoms with van der Waals surface area (Å²) >= 11 is 1.64. The van der Waals surface area contributed by atoms with Crippen molar-refractivity contribution in [2.24, 2.45) is 16.9 Å². The molecule has 8 nitrogen and oxygen atoms in total. The molecule has 0 atom stereocenters. The summed E-state index contributed by atoms with van der Waals surface area (Å²) in [5.74, 6) is 2.98. The van der Waals surface area contributed by atoms with E-state index in [0.29, 0.717) is 31.5 Å². The Morgan fingerprint density at radius 2 is 1.64 bits per heavy atom. The lowest BCUT2D eigenvalue weighted by molar-refractivity contribution is -0.140. The number of hydrazone groups is 1. The number of carbonyl (C=O) groups excluding carboxylic acids is 1. The Bertz CT molecular complexity index is 1500. The third-order valence-corrected chi connectivity index (χ3v) is 8.62. The number of benzene rings is 3. The monoisotopic (exact) mass is 615 g/mol. The van der Waals surface area contributed by atoms with Crippen molar-refractivity contribution >= 4 is 38.9 Å². The Kier molecular flexibility index (Phi) is 11.1. The van der Waals surface area contributed by atoms with Gasteiger partial charge in [0.1, 0.15) is 23.0 Å². The van der Waals surface area contributed by atoms with Crippen LogP contribution in [0.2, 0.25) is 0 Å². The third kappa shape index (κ3) is 8.29. The lowest BCUT2D eigenvalue weighted by Crippen LogP contribution is -2.27. The molecule has 0 amide bonds. The Labute approximate surface area is 263 Å². The van der Waals surface area contributed by atoms with Gasteiger partial charge in [0, 0.05) is 12.1 Å². The molecule has 0 saturated heterocycles. The second kappa shape index (κ2) is 15.6. The summed E-state index contributed by atoms with van der Waals surface area (Å²) in [5.41, 5.74) is 1.83. The molecular formula is C35H41N3O5S. The molecule has 0 aliphatic heterocycles. The normalized spacial score (nSPS) is 16.6. The summed E-state index contributed by atoms with van der Waals surface area (Å²) in [7, 11) is 0. The highest BCUT2D eigenvalue weighted by molar-refractivity contribution is 7.22. The first-order valence-corrected chi connectivity index (χ1v) is 16.4. The van der Waals surface area contributed by atoms with Gasteiger partial charge in [0.05, 0.1) is 42.2 Å². The maximum absolute atomic E-state index is 12.8. The van der Waals surface area contributed by atoms with Crippen molar-refractivity contribution in [1.82, 2.24) is 4.98 Å². The zero-order chi connectivity index (χ0) is 30.7. The van der Waals surface area contributed by atoms with Gasteiger partial charge in [0.25, 0.3) is 0 Å². The van der Waals surface area contributed by atoms with E-state index >= 15 is 0 Å². The first-order chi connectivity index (χ1) is 21.6. The number of hydrogen-bond donors (Lipinski definition) is 0. The molecule has 232 valence electrons. The molecule has 1 aliphatic carbocycles. The average Bonchev–Trinajstić information content (AvgIpc) is 3.48. The van der Waals surface area contributed by atoms with Gasteiger partial charge in [-0.2, -0.15) is 5.10 Å². The van der Waals surface area contributed by atoms with Gasteiger partial charge in [-0.3, -0.25) is 4.79 Å². The molecule has 4 aromatic rings. The van der Waals surface area contributed by atoms with Crippen LogP contribution in [0.1, 0.15) is 58.4 Å². The maximum atomic E-state index is 12.8. The summed E-state index contributed by atoms with van der Waals surface area (Å²) in [4.78, 5) is 17.5. The van der Waals surface area contributed by atoms with Crippen LogP contribution in [0.4, 0.5) is 5.13 Å². The molecule has 1 aliphatic rings. The van der Waals surface area contributed by atoms with Crippen LogP contribution in [0.3, 0.4) is 0 Å². The lowest BCUT2D eigenvalue weighted by atomic mass is 9.82. The average molecular weight is 616 g/mol. The van der Waals surface area contributed by atoms with Crippen molar-refractivity contribution in [3.8, 4) is 23.0 Å². The summed E-state index contributed by atoms with van der Waals surface area (Å²) < 4.78 is 24.4. The molecule has 0 bridgehead atoms. The van der Waals surface area contributed by atoms with Crippen LogP contribution in [-0.4, -0.2) is 43.5 Å². The molecular weight excluding hydrogens is 574 g/mol. The van der Waals surface area contributed by atoms with Gasteiger partial charge in [-0.25, -0.2) is 9.99 Å². The Balaban J connectivity index is 1.17. The maximum Gasteiger partial charge on any atom is 0.314 e. The van der Waals surface area contributed by atoms with Crippen LogP contribution in [0, 0.1) is 11.8 Å². The Hall–Kier alpha value is -4.11. The Morgan fingerprint density at radius 1 is 0.909 bits per heavy atom. The number of ether oxygens (including phenoxy) is 4. The zero-order valence-corrected chi connectivity index (χ0v) is 26.6. The smallest absolute Gasteiger partial charge is 0.314 e. The number of hydrogen-bond acceptors (Lipinski definition) is 9. The van der Waals surface area contributed by atoms with Gasteiger partial charge in [0.15, 0.2) is 0 Å². The second-order valence-electron chi connectivity index (χ2n) is 10.8. The predicted octanol–water partition coefficient (Wildman–Crippen LogP) is 8.14. The van der Waals surface area contributed by atoms with Crippen LogP contribution in [0.5, 0.6) is 23.0 Å². The molecule has 1 fully saturated rings. The van der Waals surface area contributed by atoms with Crippen molar-refractivity contribution in [2.75, 3.05) is 31.4 Å². The number of rotatable bonds is 14. The molecule has 1 heterocycles. The summed E-state index contributed by atoms with van der Waals surface area (Å²) in [5, 5.41) is 7.64. The molecule has 5 rings (SSSR count). The molecule has 44 heavy (non-hydrogen) atoms. The van der Waals surface area contributed by atoms with E-state index in [9.17, 15) is 4.79 Å². The first-order valence-electron chi connectivity index (χ1n) is 15.6. The fraction of sp³-hybridized carbons (Fsp3) is 0.400. The number of esters is 1. The van der Waals surface area contributed by atoms with E-state index in [1.165, 1.54) is 0 Å². The molecule has 0 spiro atoms. The van der Waals surface area contributed by atoms with Gasteiger partial charge >= 0.3 is 5.97 Å². The number of nitrogens with zero attached hydrogens (tertiary/aromatic N) is 3. The zero-order valence-electron chi connectivity index (χ0n) is 25.7. The fourth-order valence-electron chi connectivity index (χ4n) is 5.27. The number of carbonyl (C=O) groups is 1. The van der Waals surface area contributed by atoms with Gasteiger partial charge in [-0.15, -0.1) is 0 Å². The predicted molar refractivity (Wildman–Crippen MR) is 177 cm³/mol. The van der Waals surface area contributed by atoms with Crippen molar-refractivity contribution in [1.29, 1.82) is 0 Å².